The molecule has 3 heterocycles. The number of aryl methyl sites for hydroxylation is 2. The summed E-state index contributed by atoms with van der Waals surface area (Å²) in [6, 6.07) is 55.4. The van der Waals surface area contributed by atoms with Crippen molar-refractivity contribution in [1.82, 2.24) is 0 Å². The highest BCUT2D eigenvalue weighted by molar-refractivity contribution is 8.56. The van der Waals surface area contributed by atoms with E-state index in [0.29, 0.717) is 5.27 Å². The number of fused-ring (bicyclic) bond motifs is 13. The average Bonchev–Trinajstić information content (AvgIpc) is 3.43. The first-order chi connectivity index (χ1) is 24.1. The van der Waals surface area contributed by atoms with Gasteiger partial charge in [0, 0.05) is 15.5 Å². The van der Waals surface area contributed by atoms with Crippen LogP contribution in [0.25, 0.3) is 33.4 Å². The SMILES string of the molecule is Cc1ccc2c(c1)-c1cc(N3c4ccccc4C4(c5ccccc5-c5ccccc54)c4ccccc43)cc3c1B(S2)Sc1ccc(C)cc1-3. The normalized spacial score (nSPS) is 15.1. The Morgan fingerprint density at radius 1 is 0.449 bits per heavy atom. The second kappa shape index (κ2) is 10.1. The fraction of sp³-hybridized carbons (Fsp3) is 0.0667. The van der Waals surface area contributed by atoms with Crippen molar-refractivity contribution in [2.75, 3.05) is 4.90 Å². The van der Waals surface area contributed by atoms with Crippen LogP contribution in [0.3, 0.4) is 0 Å². The Bertz CT molecular complexity index is 2400. The van der Waals surface area contributed by atoms with Gasteiger partial charge in [0.15, 0.2) is 0 Å². The van der Waals surface area contributed by atoms with Gasteiger partial charge >= 0.3 is 5.27 Å². The number of rotatable bonds is 1. The lowest BCUT2D eigenvalue weighted by Gasteiger charge is -2.45. The van der Waals surface area contributed by atoms with E-state index in [9.17, 15) is 0 Å². The van der Waals surface area contributed by atoms with Crippen LogP contribution in [-0.4, -0.2) is 5.27 Å². The van der Waals surface area contributed by atoms with E-state index in [2.05, 4.69) is 164 Å². The lowest BCUT2D eigenvalue weighted by Crippen LogP contribution is -2.37. The number of hydrogen-bond donors (Lipinski definition) is 0. The zero-order valence-corrected chi connectivity index (χ0v) is 28.8. The first-order valence-corrected chi connectivity index (χ1v) is 18.8. The molecule has 230 valence electrons. The number of hydrogen-bond acceptors (Lipinski definition) is 3. The molecule has 0 aromatic heterocycles. The van der Waals surface area contributed by atoms with Crippen LogP contribution in [0.1, 0.15) is 33.4 Å². The molecule has 0 amide bonds. The number of benzene rings is 7. The van der Waals surface area contributed by atoms with E-state index in [4.69, 9.17) is 0 Å². The largest absolute Gasteiger partial charge is 0.318 e. The predicted molar refractivity (Wildman–Crippen MR) is 209 cm³/mol. The maximum Gasteiger partial charge on any atom is 0.318 e. The molecule has 7 aromatic rings. The van der Waals surface area contributed by atoms with Gasteiger partial charge in [-0.05, 0) is 111 Å². The van der Waals surface area contributed by atoms with Crippen LogP contribution in [0.2, 0.25) is 0 Å². The second-order valence-corrected chi connectivity index (χ2v) is 16.3. The predicted octanol–water partition coefficient (Wildman–Crippen LogP) is 11.7. The Morgan fingerprint density at radius 2 is 0.898 bits per heavy atom. The molecule has 0 N–H and O–H groups in total. The zero-order valence-electron chi connectivity index (χ0n) is 27.2. The summed E-state index contributed by atoms with van der Waals surface area (Å²) >= 11 is 4.02. The van der Waals surface area contributed by atoms with Crippen molar-refractivity contribution in [2.24, 2.45) is 0 Å². The lowest BCUT2D eigenvalue weighted by molar-refractivity contribution is 0.752. The van der Waals surface area contributed by atoms with E-state index in [1.807, 2.05) is 23.2 Å². The molecule has 49 heavy (non-hydrogen) atoms. The average molecular weight is 660 g/mol. The molecular formula is C45H30BNS2. The smallest absolute Gasteiger partial charge is 0.310 e. The van der Waals surface area contributed by atoms with Crippen LogP contribution in [0.4, 0.5) is 17.1 Å². The summed E-state index contributed by atoms with van der Waals surface area (Å²) in [4.78, 5) is 5.29. The molecule has 3 aliphatic heterocycles. The standard InChI is InChI=1S/C45H30BNS2/c1-27-19-21-42-32(23-27)34-25-29(26-35-33-24-28(2)20-22-43(33)49-46(48-42)44(34)35)47-40-17-9-7-15-38(40)45(39-16-8-10-18-41(39)47)36-13-5-3-11-30(36)31-12-4-6-14-37(31)45/h3-26H,1-2H3. The van der Waals surface area contributed by atoms with Gasteiger partial charge in [-0.25, -0.2) is 0 Å². The van der Waals surface area contributed by atoms with Gasteiger partial charge in [0.1, 0.15) is 0 Å². The van der Waals surface area contributed by atoms with Gasteiger partial charge in [0.25, 0.3) is 0 Å². The van der Waals surface area contributed by atoms with Gasteiger partial charge in [-0.1, -0.05) is 120 Å². The topological polar surface area (TPSA) is 3.24 Å². The minimum Gasteiger partial charge on any atom is -0.310 e. The summed E-state index contributed by atoms with van der Waals surface area (Å²) in [6.45, 7) is 4.43. The Hall–Kier alpha value is -4.90. The van der Waals surface area contributed by atoms with E-state index < -0.39 is 5.41 Å². The van der Waals surface area contributed by atoms with Crippen LogP contribution in [0.15, 0.2) is 155 Å². The van der Waals surface area contributed by atoms with Gasteiger partial charge in [-0.15, -0.1) is 0 Å². The quantitative estimate of drug-likeness (QED) is 0.162. The molecule has 4 aliphatic rings. The van der Waals surface area contributed by atoms with E-state index in [-0.39, 0.29) is 0 Å². The molecule has 11 rings (SSSR count). The highest BCUT2D eigenvalue weighted by Crippen LogP contribution is 2.63. The van der Waals surface area contributed by atoms with Crippen molar-refractivity contribution in [3.63, 3.8) is 0 Å². The fourth-order valence-electron chi connectivity index (χ4n) is 9.09. The molecule has 0 saturated carbocycles. The maximum atomic E-state index is 2.56. The number of para-hydroxylation sites is 2. The zero-order chi connectivity index (χ0) is 32.4. The van der Waals surface area contributed by atoms with Crippen molar-refractivity contribution in [3.8, 4) is 33.4 Å². The van der Waals surface area contributed by atoms with Gasteiger partial charge in [0.05, 0.1) is 16.8 Å². The lowest BCUT2D eigenvalue weighted by atomic mass is 9.64. The van der Waals surface area contributed by atoms with Gasteiger partial charge in [0.2, 0.25) is 0 Å². The summed E-state index contributed by atoms with van der Waals surface area (Å²) in [5, 5.41) is 0.320. The molecule has 7 aromatic carbocycles. The van der Waals surface area contributed by atoms with E-state index in [1.165, 1.54) is 99.1 Å². The number of anilines is 3. The first-order valence-electron chi connectivity index (χ1n) is 17.0. The Morgan fingerprint density at radius 3 is 1.41 bits per heavy atom. The van der Waals surface area contributed by atoms with Crippen molar-refractivity contribution in [3.05, 3.63) is 179 Å². The molecule has 4 heteroatoms. The van der Waals surface area contributed by atoms with Crippen molar-refractivity contribution in [2.45, 2.75) is 29.1 Å². The molecule has 0 bridgehead atoms. The minimum atomic E-state index is -0.412. The molecule has 0 fully saturated rings. The van der Waals surface area contributed by atoms with Gasteiger partial charge in [-0.3, -0.25) is 0 Å². The highest BCUT2D eigenvalue weighted by atomic mass is 32.2. The van der Waals surface area contributed by atoms with Crippen molar-refractivity contribution < 1.29 is 0 Å². The van der Waals surface area contributed by atoms with Gasteiger partial charge < -0.3 is 4.90 Å². The van der Waals surface area contributed by atoms with E-state index >= 15 is 0 Å². The Balaban J connectivity index is 1.24. The Labute approximate surface area is 295 Å². The first kappa shape index (κ1) is 28.0. The maximum absolute atomic E-state index is 2.56. The fourth-order valence-corrected chi connectivity index (χ4v) is 12.0. The van der Waals surface area contributed by atoms with Crippen molar-refractivity contribution in [1.29, 1.82) is 0 Å². The summed E-state index contributed by atoms with van der Waals surface area (Å²) < 4.78 is 0. The van der Waals surface area contributed by atoms with Crippen LogP contribution >= 0.6 is 23.2 Å². The summed E-state index contributed by atoms with van der Waals surface area (Å²) in [7, 11) is 0. The van der Waals surface area contributed by atoms with Gasteiger partial charge in [-0.2, -0.15) is 23.2 Å². The molecule has 0 atom stereocenters. The molecule has 0 saturated heterocycles. The third kappa shape index (κ3) is 3.66. The summed E-state index contributed by atoms with van der Waals surface area (Å²) in [5.41, 5.74) is 20.8. The minimum absolute atomic E-state index is 0.320. The second-order valence-electron chi connectivity index (χ2n) is 13.7. The van der Waals surface area contributed by atoms with Crippen LogP contribution in [0, 0.1) is 13.8 Å². The highest BCUT2D eigenvalue weighted by Gasteiger charge is 2.51. The van der Waals surface area contributed by atoms with Crippen LogP contribution < -0.4 is 10.4 Å². The number of nitrogens with zero attached hydrogens (tertiary/aromatic N) is 1. The molecule has 1 spiro atoms. The summed E-state index contributed by atoms with van der Waals surface area (Å²) in [5.74, 6) is 0. The van der Waals surface area contributed by atoms with E-state index in [0.717, 1.165) is 0 Å². The van der Waals surface area contributed by atoms with Crippen LogP contribution in [-0.2, 0) is 5.41 Å². The molecule has 0 radical (unpaired) electrons. The Kier molecular flexibility index (Phi) is 5.75. The molecular weight excluding hydrogens is 629 g/mol. The molecule has 1 nitrogen and oxygen atoms in total. The summed E-state index contributed by atoms with van der Waals surface area (Å²) in [6.07, 6.45) is 0. The molecule has 0 unspecified atom stereocenters. The van der Waals surface area contributed by atoms with Crippen molar-refractivity contribution >= 4 is 51.0 Å². The van der Waals surface area contributed by atoms with E-state index in [1.54, 1.807) is 0 Å². The monoisotopic (exact) mass is 659 g/mol. The molecule has 1 aliphatic carbocycles. The van der Waals surface area contributed by atoms with Crippen LogP contribution in [0.5, 0.6) is 0 Å². The third-order valence-electron chi connectivity index (χ3n) is 11.0. The third-order valence-corrected chi connectivity index (χ3v) is 13.7.